The standard InChI is InChI=1S/C14H19NO4/c1-18-12-4-2-11(3-5-12)13(10-14(16)17)15-6-8-19-9-7-15/h2-5,13H,6-10H2,1H3,(H,16,17)/t13-/m1/s1. The van der Waals surface area contributed by atoms with Gasteiger partial charge in [-0.1, -0.05) is 0 Å². The average molecular weight is 265 g/mol. The summed E-state index contributed by atoms with van der Waals surface area (Å²) < 4.78 is 10.4. The molecule has 1 heterocycles. The molecule has 0 spiro atoms. The molecule has 1 aliphatic rings. The molecule has 1 saturated heterocycles. The van der Waals surface area contributed by atoms with E-state index in [1.54, 1.807) is 7.11 Å². The molecule has 5 nitrogen and oxygen atoms in total. The zero-order valence-corrected chi connectivity index (χ0v) is 11.1. The van der Waals surface area contributed by atoms with E-state index in [-0.39, 0.29) is 12.5 Å². The predicted octanol–water partition coefficient (Wildman–Crippen LogP) is -1.21. The topological polar surface area (TPSA) is 63.0 Å². The van der Waals surface area contributed by atoms with Gasteiger partial charge in [-0.15, -0.1) is 0 Å². The van der Waals surface area contributed by atoms with Crippen molar-refractivity contribution < 1.29 is 24.3 Å². The number of carbonyl (C=O) groups excluding carboxylic acids is 1. The maximum absolute atomic E-state index is 11.0. The Morgan fingerprint density at radius 2 is 2.00 bits per heavy atom. The third-order valence-corrected chi connectivity index (χ3v) is 3.52. The molecule has 19 heavy (non-hydrogen) atoms. The zero-order valence-electron chi connectivity index (χ0n) is 11.1. The number of hydrogen-bond acceptors (Lipinski definition) is 4. The molecule has 1 fully saturated rings. The number of carbonyl (C=O) groups is 1. The first-order chi connectivity index (χ1) is 9.20. The van der Waals surface area contributed by atoms with Gasteiger partial charge in [-0.2, -0.15) is 0 Å². The van der Waals surface area contributed by atoms with Gasteiger partial charge in [-0.3, -0.25) is 0 Å². The van der Waals surface area contributed by atoms with E-state index in [9.17, 15) is 9.90 Å². The van der Waals surface area contributed by atoms with Crippen LogP contribution in [0.25, 0.3) is 0 Å². The van der Waals surface area contributed by atoms with Crippen molar-refractivity contribution in [1.29, 1.82) is 0 Å². The van der Waals surface area contributed by atoms with E-state index in [2.05, 4.69) is 0 Å². The van der Waals surface area contributed by atoms with Crippen molar-refractivity contribution in [2.24, 2.45) is 0 Å². The van der Waals surface area contributed by atoms with Gasteiger partial charge < -0.3 is 24.3 Å². The van der Waals surface area contributed by atoms with E-state index >= 15 is 0 Å². The van der Waals surface area contributed by atoms with Crippen molar-refractivity contribution in [3.05, 3.63) is 29.8 Å². The van der Waals surface area contributed by atoms with Gasteiger partial charge in [0.2, 0.25) is 0 Å². The lowest BCUT2D eigenvalue weighted by Gasteiger charge is -2.32. The first-order valence-corrected chi connectivity index (χ1v) is 6.47. The van der Waals surface area contributed by atoms with Crippen LogP contribution in [0.5, 0.6) is 5.75 Å². The van der Waals surface area contributed by atoms with E-state index in [4.69, 9.17) is 9.47 Å². The Morgan fingerprint density at radius 3 is 2.53 bits per heavy atom. The van der Waals surface area contributed by atoms with Crippen LogP contribution in [0.3, 0.4) is 0 Å². The molecule has 0 amide bonds. The number of carboxylic acid groups (broad SMARTS) is 1. The van der Waals surface area contributed by atoms with Gasteiger partial charge in [-0.05, 0) is 24.3 Å². The Labute approximate surface area is 112 Å². The fourth-order valence-electron chi connectivity index (χ4n) is 2.48. The number of quaternary nitrogens is 1. The largest absolute Gasteiger partial charge is 0.550 e. The van der Waals surface area contributed by atoms with Crippen molar-refractivity contribution in [3.8, 4) is 5.75 Å². The molecular weight excluding hydrogens is 246 g/mol. The summed E-state index contributed by atoms with van der Waals surface area (Å²) in [6, 6.07) is 7.48. The highest BCUT2D eigenvalue weighted by Gasteiger charge is 2.26. The summed E-state index contributed by atoms with van der Waals surface area (Å²) in [5, 5.41) is 11.0. The second-order valence-corrected chi connectivity index (χ2v) is 4.67. The summed E-state index contributed by atoms with van der Waals surface area (Å²) in [4.78, 5) is 12.2. The van der Waals surface area contributed by atoms with Crippen molar-refractivity contribution in [1.82, 2.24) is 0 Å². The molecule has 5 heteroatoms. The monoisotopic (exact) mass is 265 g/mol. The highest BCUT2D eigenvalue weighted by Crippen LogP contribution is 2.18. The van der Waals surface area contributed by atoms with Gasteiger partial charge in [0, 0.05) is 18.0 Å². The van der Waals surface area contributed by atoms with Crippen LogP contribution < -0.4 is 14.7 Å². The zero-order chi connectivity index (χ0) is 13.7. The van der Waals surface area contributed by atoms with Gasteiger partial charge in [0.15, 0.2) is 0 Å². The molecule has 0 unspecified atom stereocenters. The van der Waals surface area contributed by atoms with E-state index in [1.165, 1.54) is 4.90 Å². The predicted molar refractivity (Wildman–Crippen MR) is 66.9 cm³/mol. The fourth-order valence-corrected chi connectivity index (χ4v) is 2.48. The molecule has 1 aromatic carbocycles. The number of carboxylic acids is 1. The Morgan fingerprint density at radius 1 is 1.37 bits per heavy atom. The SMILES string of the molecule is COc1ccc([C@@H](CC(=O)[O-])[NH+]2CCOCC2)cc1. The molecule has 0 aromatic heterocycles. The summed E-state index contributed by atoms with van der Waals surface area (Å²) in [5.74, 6) is -0.243. The quantitative estimate of drug-likeness (QED) is 0.726. The van der Waals surface area contributed by atoms with Gasteiger partial charge in [0.25, 0.3) is 0 Å². The second-order valence-electron chi connectivity index (χ2n) is 4.67. The molecule has 0 bridgehead atoms. The Hall–Kier alpha value is -1.59. The van der Waals surface area contributed by atoms with Crippen LogP contribution in [0.4, 0.5) is 0 Å². The first kappa shape index (κ1) is 13.8. The highest BCUT2D eigenvalue weighted by atomic mass is 16.5. The minimum absolute atomic E-state index is 0.0294. The van der Waals surface area contributed by atoms with Crippen LogP contribution in [0.1, 0.15) is 18.0 Å². The van der Waals surface area contributed by atoms with Crippen LogP contribution in [0.15, 0.2) is 24.3 Å². The highest BCUT2D eigenvalue weighted by molar-refractivity contribution is 5.65. The van der Waals surface area contributed by atoms with Crippen LogP contribution in [0.2, 0.25) is 0 Å². The van der Waals surface area contributed by atoms with Gasteiger partial charge in [-0.25, -0.2) is 0 Å². The Bertz CT molecular complexity index is 412. The molecular formula is C14H19NO4. The fraction of sp³-hybridized carbons (Fsp3) is 0.500. The summed E-state index contributed by atoms with van der Waals surface area (Å²) in [6.07, 6.45) is 0.0294. The van der Waals surface area contributed by atoms with Crippen molar-refractivity contribution in [2.75, 3.05) is 33.4 Å². The number of hydrogen-bond donors (Lipinski definition) is 1. The molecule has 2 rings (SSSR count). The van der Waals surface area contributed by atoms with E-state index in [1.807, 2.05) is 24.3 Å². The Kier molecular flexibility index (Phi) is 4.76. The number of morpholine rings is 1. The van der Waals surface area contributed by atoms with Crippen molar-refractivity contribution in [2.45, 2.75) is 12.5 Å². The van der Waals surface area contributed by atoms with Gasteiger partial charge in [0.1, 0.15) is 24.9 Å². The molecule has 0 aliphatic carbocycles. The summed E-state index contributed by atoms with van der Waals surface area (Å²) >= 11 is 0. The number of methoxy groups -OCH3 is 1. The number of rotatable bonds is 5. The molecule has 1 aliphatic heterocycles. The van der Waals surface area contributed by atoms with E-state index in [0.717, 1.165) is 24.4 Å². The van der Waals surface area contributed by atoms with Crippen LogP contribution in [-0.2, 0) is 9.53 Å². The smallest absolute Gasteiger partial charge is 0.118 e. The van der Waals surface area contributed by atoms with E-state index < -0.39 is 5.97 Å². The number of benzene rings is 1. The molecule has 1 aromatic rings. The van der Waals surface area contributed by atoms with Gasteiger partial charge >= 0.3 is 0 Å². The lowest BCUT2D eigenvalue weighted by molar-refractivity contribution is -0.938. The number of ether oxygens (including phenoxy) is 2. The summed E-state index contributed by atoms with van der Waals surface area (Å²) in [7, 11) is 1.61. The minimum Gasteiger partial charge on any atom is -0.550 e. The maximum Gasteiger partial charge on any atom is 0.118 e. The third kappa shape index (κ3) is 3.68. The second kappa shape index (κ2) is 6.54. The van der Waals surface area contributed by atoms with Crippen molar-refractivity contribution >= 4 is 5.97 Å². The van der Waals surface area contributed by atoms with Crippen molar-refractivity contribution in [3.63, 3.8) is 0 Å². The minimum atomic E-state index is -1.01. The van der Waals surface area contributed by atoms with Crippen LogP contribution >= 0.6 is 0 Å². The normalized spacial score (nSPS) is 17.9. The molecule has 0 saturated carbocycles. The lowest BCUT2D eigenvalue weighted by Crippen LogP contribution is -3.14. The van der Waals surface area contributed by atoms with E-state index in [0.29, 0.717) is 13.2 Å². The van der Waals surface area contributed by atoms with Crippen LogP contribution in [-0.4, -0.2) is 39.4 Å². The average Bonchev–Trinajstić information content (AvgIpc) is 2.46. The van der Waals surface area contributed by atoms with Crippen LogP contribution in [0, 0.1) is 0 Å². The molecule has 104 valence electrons. The summed E-state index contributed by atoms with van der Waals surface area (Å²) in [5.41, 5.74) is 1.00. The molecule has 0 radical (unpaired) electrons. The first-order valence-electron chi connectivity index (χ1n) is 6.47. The molecule has 1 atom stereocenters. The van der Waals surface area contributed by atoms with Gasteiger partial charge in [0.05, 0.1) is 20.3 Å². The summed E-state index contributed by atoms with van der Waals surface area (Å²) in [6.45, 7) is 3.00. The lowest BCUT2D eigenvalue weighted by atomic mass is 10.0. The number of nitrogens with one attached hydrogen (secondary N) is 1. The molecule has 1 N–H and O–H groups in total. The number of aliphatic carboxylic acids is 1. The Balaban J connectivity index is 2.17. The third-order valence-electron chi connectivity index (χ3n) is 3.52. The maximum atomic E-state index is 11.0.